The van der Waals surface area contributed by atoms with Crippen LogP contribution in [0.1, 0.15) is 77.0 Å². The maximum absolute atomic E-state index is 10.5. The zero-order valence-corrected chi connectivity index (χ0v) is 14.9. The molecular formula is C21H30O. The van der Waals surface area contributed by atoms with Crippen molar-refractivity contribution in [2.24, 2.45) is 17.3 Å². The Morgan fingerprint density at radius 2 is 1.86 bits per heavy atom. The summed E-state index contributed by atoms with van der Waals surface area (Å²) in [6.45, 7) is 13.9. The molecule has 120 valence electrons. The smallest absolute Gasteiger partial charge is 0.119 e. The third-order valence-electron chi connectivity index (χ3n) is 6.76. The van der Waals surface area contributed by atoms with E-state index in [0.29, 0.717) is 23.0 Å². The quantitative estimate of drug-likeness (QED) is 0.687. The molecule has 0 amide bonds. The molecule has 0 radical (unpaired) electrons. The van der Waals surface area contributed by atoms with E-state index in [1.54, 1.807) is 0 Å². The Bertz CT molecular complexity index is 623. The van der Waals surface area contributed by atoms with Crippen molar-refractivity contribution >= 4 is 6.08 Å². The molecule has 1 N–H and O–H groups in total. The molecule has 3 rings (SSSR count). The summed E-state index contributed by atoms with van der Waals surface area (Å²) in [6.07, 6.45) is 7.21. The van der Waals surface area contributed by atoms with Crippen molar-refractivity contribution < 1.29 is 5.11 Å². The number of rotatable bonds is 1. The number of allylic oxidation sites excluding steroid dienone is 1. The first-order chi connectivity index (χ1) is 10.2. The highest BCUT2D eigenvalue weighted by Gasteiger charge is 2.51. The van der Waals surface area contributed by atoms with Gasteiger partial charge in [-0.2, -0.15) is 0 Å². The summed E-state index contributed by atoms with van der Waals surface area (Å²) < 4.78 is 0. The van der Waals surface area contributed by atoms with Crippen LogP contribution in [0, 0.1) is 17.3 Å². The number of hydrogen-bond donors (Lipinski definition) is 1. The molecule has 22 heavy (non-hydrogen) atoms. The van der Waals surface area contributed by atoms with Gasteiger partial charge in [0, 0.05) is 5.41 Å². The first-order valence-corrected chi connectivity index (χ1v) is 8.73. The Kier molecular flexibility index (Phi) is 3.47. The van der Waals surface area contributed by atoms with Gasteiger partial charge in [-0.25, -0.2) is 0 Å². The van der Waals surface area contributed by atoms with Crippen LogP contribution in [0.4, 0.5) is 0 Å². The van der Waals surface area contributed by atoms with E-state index in [1.165, 1.54) is 24.0 Å². The van der Waals surface area contributed by atoms with Gasteiger partial charge in [-0.15, -0.1) is 0 Å². The predicted molar refractivity (Wildman–Crippen MR) is 94.3 cm³/mol. The lowest BCUT2D eigenvalue weighted by Gasteiger charge is -2.55. The summed E-state index contributed by atoms with van der Waals surface area (Å²) in [4.78, 5) is 0. The van der Waals surface area contributed by atoms with E-state index in [1.807, 2.05) is 0 Å². The first-order valence-electron chi connectivity index (χ1n) is 8.73. The highest BCUT2D eigenvalue weighted by atomic mass is 16.3. The van der Waals surface area contributed by atoms with Gasteiger partial charge < -0.3 is 5.11 Å². The summed E-state index contributed by atoms with van der Waals surface area (Å²) >= 11 is 0. The normalized spacial score (nSPS) is 32.7. The zero-order chi connectivity index (χ0) is 16.3. The lowest BCUT2D eigenvalue weighted by atomic mass is 9.49. The van der Waals surface area contributed by atoms with Crippen molar-refractivity contribution in [2.45, 2.75) is 65.7 Å². The minimum absolute atomic E-state index is 0.146. The van der Waals surface area contributed by atoms with Crippen LogP contribution >= 0.6 is 0 Å². The number of phenols is 1. The molecule has 2 aliphatic rings. The topological polar surface area (TPSA) is 20.2 Å². The molecule has 0 heterocycles. The molecule has 2 aliphatic carbocycles. The lowest BCUT2D eigenvalue weighted by molar-refractivity contribution is 0.0350. The fourth-order valence-electron chi connectivity index (χ4n) is 4.85. The second-order valence-electron chi connectivity index (χ2n) is 8.67. The van der Waals surface area contributed by atoms with Crippen molar-refractivity contribution in [3.8, 4) is 5.75 Å². The van der Waals surface area contributed by atoms with E-state index in [0.717, 1.165) is 11.5 Å². The highest BCUT2D eigenvalue weighted by molar-refractivity contribution is 5.64. The first kappa shape index (κ1) is 15.6. The summed E-state index contributed by atoms with van der Waals surface area (Å²) in [6, 6.07) is 4.27. The van der Waals surface area contributed by atoms with Gasteiger partial charge in [0.1, 0.15) is 5.75 Å². The van der Waals surface area contributed by atoms with Gasteiger partial charge >= 0.3 is 0 Å². The monoisotopic (exact) mass is 298 g/mol. The van der Waals surface area contributed by atoms with Crippen molar-refractivity contribution in [1.82, 2.24) is 0 Å². The second-order valence-corrected chi connectivity index (χ2v) is 8.67. The third kappa shape index (κ3) is 2.05. The molecule has 3 unspecified atom stereocenters. The van der Waals surface area contributed by atoms with E-state index in [9.17, 15) is 5.11 Å². The van der Waals surface area contributed by atoms with Crippen LogP contribution in [0.5, 0.6) is 5.75 Å². The van der Waals surface area contributed by atoms with Crippen molar-refractivity contribution in [1.29, 1.82) is 0 Å². The Morgan fingerprint density at radius 3 is 2.50 bits per heavy atom. The summed E-state index contributed by atoms with van der Waals surface area (Å²) in [5.41, 5.74) is 4.17. The number of benzene rings is 1. The summed E-state index contributed by atoms with van der Waals surface area (Å²) in [5.74, 6) is 2.10. The van der Waals surface area contributed by atoms with Crippen LogP contribution in [0.25, 0.3) is 6.08 Å². The molecule has 1 nitrogen and oxygen atoms in total. The van der Waals surface area contributed by atoms with Crippen LogP contribution < -0.4 is 0 Å². The molecule has 0 saturated heterocycles. The van der Waals surface area contributed by atoms with E-state index in [4.69, 9.17) is 0 Å². The maximum Gasteiger partial charge on any atom is 0.119 e. The molecule has 1 aromatic rings. The molecule has 0 bridgehead atoms. The van der Waals surface area contributed by atoms with E-state index >= 15 is 0 Å². The van der Waals surface area contributed by atoms with Gasteiger partial charge in [-0.05, 0) is 64.8 Å². The van der Waals surface area contributed by atoms with E-state index < -0.39 is 0 Å². The minimum atomic E-state index is 0.146. The Hall–Kier alpha value is -1.24. The second kappa shape index (κ2) is 4.88. The number of aromatic hydroxyl groups is 1. The average Bonchev–Trinajstić information content (AvgIpc) is 2.43. The van der Waals surface area contributed by atoms with Crippen molar-refractivity contribution in [3.63, 3.8) is 0 Å². The molecule has 0 aromatic heterocycles. The molecule has 3 atom stereocenters. The van der Waals surface area contributed by atoms with Gasteiger partial charge in [0.05, 0.1) is 0 Å². The standard InChI is InChI=1S/C21H30O/c1-13(2)16-11-15-7-8-19-20(4,5)14(3)9-10-21(19,6)17(15)12-18(16)22/h7-8,11-14,19,22H,9-10H2,1-6H3. The average molecular weight is 298 g/mol. The molecule has 1 heteroatoms. The van der Waals surface area contributed by atoms with E-state index in [2.05, 4.69) is 65.8 Å². The predicted octanol–water partition coefficient (Wildman–Crippen LogP) is 5.87. The SMILES string of the molecule is CC(C)c1cc2c(cc1O)C1(C)CCC(C)C(C)(C)C1C=C2. The number of fused-ring (bicyclic) bond motifs is 3. The van der Waals surface area contributed by atoms with E-state index in [-0.39, 0.29) is 5.41 Å². The van der Waals surface area contributed by atoms with Gasteiger partial charge in [0.25, 0.3) is 0 Å². The Morgan fingerprint density at radius 1 is 1.18 bits per heavy atom. The van der Waals surface area contributed by atoms with Crippen LogP contribution in [-0.2, 0) is 5.41 Å². The summed E-state index contributed by atoms with van der Waals surface area (Å²) in [5, 5.41) is 10.5. The molecule has 0 aliphatic heterocycles. The minimum Gasteiger partial charge on any atom is -0.508 e. The van der Waals surface area contributed by atoms with Crippen molar-refractivity contribution in [2.75, 3.05) is 0 Å². The molecule has 1 saturated carbocycles. The zero-order valence-electron chi connectivity index (χ0n) is 14.9. The van der Waals surface area contributed by atoms with Crippen LogP contribution in [0.2, 0.25) is 0 Å². The molecule has 1 fully saturated rings. The molecular weight excluding hydrogens is 268 g/mol. The van der Waals surface area contributed by atoms with Gasteiger partial charge in [-0.3, -0.25) is 0 Å². The fourth-order valence-corrected chi connectivity index (χ4v) is 4.85. The van der Waals surface area contributed by atoms with Gasteiger partial charge in [-0.1, -0.05) is 53.7 Å². The number of phenolic OH excluding ortho intramolecular Hbond substituents is 1. The summed E-state index contributed by atoms with van der Waals surface area (Å²) in [7, 11) is 0. The Balaban J connectivity index is 2.16. The molecule has 1 aromatic carbocycles. The van der Waals surface area contributed by atoms with Crippen molar-refractivity contribution in [3.05, 3.63) is 34.9 Å². The van der Waals surface area contributed by atoms with Crippen LogP contribution in [0.3, 0.4) is 0 Å². The van der Waals surface area contributed by atoms with Crippen LogP contribution in [-0.4, -0.2) is 5.11 Å². The number of hydrogen-bond acceptors (Lipinski definition) is 1. The Labute approximate surface area is 135 Å². The lowest BCUT2D eigenvalue weighted by Crippen LogP contribution is -2.49. The third-order valence-corrected chi connectivity index (χ3v) is 6.76. The van der Waals surface area contributed by atoms with Gasteiger partial charge in [0.15, 0.2) is 0 Å². The highest BCUT2D eigenvalue weighted by Crippen LogP contribution is 2.58. The largest absolute Gasteiger partial charge is 0.508 e. The van der Waals surface area contributed by atoms with Crippen LogP contribution in [0.15, 0.2) is 18.2 Å². The molecule has 0 spiro atoms. The maximum atomic E-state index is 10.5. The fraction of sp³-hybridized carbons (Fsp3) is 0.619. The van der Waals surface area contributed by atoms with Gasteiger partial charge in [0.2, 0.25) is 0 Å².